The van der Waals surface area contributed by atoms with E-state index in [9.17, 15) is 4.79 Å². The summed E-state index contributed by atoms with van der Waals surface area (Å²) >= 11 is 0. The van der Waals surface area contributed by atoms with E-state index in [1.54, 1.807) is 6.07 Å². The summed E-state index contributed by atoms with van der Waals surface area (Å²) in [6.07, 6.45) is 0.837. The molecule has 0 aliphatic carbocycles. The summed E-state index contributed by atoms with van der Waals surface area (Å²) in [5.74, 6) is -0.202. The smallest absolute Gasteiger partial charge is 0.259 e. The standard InChI is InChI=1S/C22H19N3O2/c1-3-15-9-7-8-12-18(15)23-21(26)17-13-19(16-10-5-4-6-11-16)24-22-20(17)14(2)25-27-22/h4-13H,3H2,1-2H3,(H,23,26). The zero-order valence-electron chi connectivity index (χ0n) is 15.2. The maximum Gasteiger partial charge on any atom is 0.259 e. The summed E-state index contributed by atoms with van der Waals surface area (Å²) in [7, 11) is 0. The number of rotatable bonds is 4. The Morgan fingerprint density at radius 1 is 1.07 bits per heavy atom. The van der Waals surface area contributed by atoms with E-state index >= 15 is 0 Å². The summed E-state index contributed by atoms with van der Waals surface area (Å²) in [4.78, 5) is 17.7. The number of nitrogens with zero attached hydrogens (tertiary/aromatic N) is 2. The van der Waals surface area contributed by atoms with Crippen LogP contribution in [0.1, 0.15) is 28.5 Å². The fourth-order valence-corrected chi connectivity index (χ4v) is 3.17. The maximum absolute atomic E-state index is 13.1. The molecule has 0 aliphatic heterocycles. The highest BCUT2D eigenvalue weighted by atomic mass is 16.5. The van der Waals surface area contributed by atoms with Crippen molar-refractivity contribution in [1.29, 1.82) is 0 Å². The average molecular weight is 357 g/mol. The van der Waals surface area contributed by atoms with Crippen LogP contribution in [0.15, 0.2) is 65.2 Å². The largest absolute Gasteiger partial charge is 0.335 e. The number of amides is 1. The predicted molar refractivity (Wildman–Crippen MR) is 106 cm³/mol. The number of nitrogens with one attached hydrogen (secondary N) is 1. The van der Waals surface area contributed by atoms with Crippen LogP contribution in [0.2, 0.25) is 0 Å². The van der Waals surface area contributed by atoms with Crippen molar-refractivity contribution >= 4 is 22.7 Å². The quantitative estimate of drug-likeness (QED) is 0.557. The molecule has 0 aliphatic rings. The first kappa shape index (κ1) is 17.0. The third-order valence-electron chi connectivity index (χ3n) is 4.58. The zero-order valence-corrected chi connectivity index (χ0v) is 15.2. The molecule has 4 aromatic rings. The maximum atomic E-state index is 13.1. The van der Waals surface area contributed by atoms with Gasteiger partial charge in [0.15, 0.2) is 0 Å². The van der Waals surface area contributed by atoms with Crippen LogP contribution in [0.3, 0.4) is 0 Å². The molecule has 4 rings (SSSR count). The SMILES string of the molecule is CCc1ccccc1NC(=O)c1cc(-c2ccccc2)nc2onc(C)c12. The van der Waals surface area contributed by atoms with E-state index in [0.29, 0.717) is 28.1 Å². The molecule has 27 heavy (non-hydrogen) atoms. The number of hydrogen-bond donors (Lipinski definition) is 1. The van der Waals surface area contributed by atoms with Crippen LogP contribution in [0.4, 0.5) is 5.69 Å². The molecule has 5 heteroatoms. The summed E-state index contributed by atoms with van der Waals surface area (Å²) in [6.45, 7) is 3.87. The monoisotopic (exact) mass is 357 g/mol. The van der Waals surface area contributed by atoms with Crippen LogP contribution in [0.5, 0.6) is 0 Å². The van der Waals surface area contributed by atoms with Crippen molar-refractivity contribution in [3.8, 4) is 11.3 Å². The van der Waals surface area contributed by atoms with E-state index in [4.69, 9.17) is 4.52 Å². The van der Waals surface area contributed by atoms with Gasteiger partial charge < -0.3 is 9.84 Å². The van der Waals surface area contributed by atoms with E-state index in [1.165, 1.54) is 0 Å². The van der Waals surface area contributed by atoms with Crippen molar-refractivity contribution in [2.75, 3.05) is 5.32 Å². The Morgan fingerprint density at radius 2 is 1.81 bits per heavy atom. The zero-order chi connectivity index (χ0) is 18.8. The van der Waals surface area contributed by atoms with Crippen LogP contribution in [0.25, 0.3) is 22.4 Å². The first-order chi connectivity index (χ1) is 13.2. The molecular formula is C22H19N3O2. The molecule has 2 heterocycles. The minimum absolute atomic E-state index is 0.202. The van der Waals surface area contributed by atoms with Crippen molar-refractivity contribution in [3.05, 3.63) is 77.5 Å². The Hall–Kier alpha value is -3.47. The van der Waals surface area contributed by atoms with Gasteiger partial charge in [-0.15, -0.1) is 0 Å². The molecule has 5 nitrogen and oxygen atoms in total. The molecule has 2 aromatic carbocycles. The highest BCUT2D eigenvalue weighted by Crippen LogP contribution is 2.28. The lowest BCUT2D eigenvalue weighted by Gasteiger charge is -2.11. The second kappa shape index (κ2) is 7.03. The molecule has 0 saturated heterocycles. The Labute approximate surface area is 157 Å². The van der Waals surface area contributed by atoms with Crippen LogP contribution in [0, 0.1) is 6.92 Å². The van der Waals surface area contributed by atoms with Gasteiger partial charge in [-0.1, -0.05) is 60.6 Å². The first-order valence-corrected chi connectivity index (χ1v) is 8.89. The van der Waals surface area contributed by atoms with E-state index in [1.807, 2.05) is 61.5 Å². The number of hydrogen-bond acceptors (Lipinski definition) is 4. The summed E-state index contributed by atoms with van der Waals surface area (Å²) in [5, 5.41) is 7.67. The number of para-hydroxylation sites is 1. The van der Waals surface area contributed by atoms with Crippen LogP contribution in [-0.4, -0.2) is 16.0 Å². The lowest BCUT2D eigenvalue weighted by atomic mass is 10.0. The molecule has 1 amide bonds. The second-order valence-electron chi connectivity index (χ2n) is 6.33. The van der Waals surface area contributed by atoms with Crippen LogP contribution < -0.4 is 5.32 Å². The molecule has 0 atom stereocenters. The molecular weight excluding hydrogens is 338 g/mol. The van der Waals surface area contributed by atoms with Gasteiger partial charge in [0, 0.05) is 11.3 Å². The number of pyridine rings is 1. The number of carbonyl (C=O) groups excluding carboxylic acids is 1. The topological polar surface area (TPSA) is 68.0 Å². The Balaban J connectivity index is 1.82. The Bertz CT molecular complexity index is 1120. The number of aromatic nitrogens is 2. The Kier molecular flexibility index (Phi) is 4.42. The van der Waals surface area contributed by atoms with Crippen molar-refractivity contribution in [1.82, 2.24) is 10.1 Å². The minimum Gasteiger partial charge on any atom is -0.335 e. The van der Waals surface area contributed by atoms with Crippen molar-refractivity contribution in [3.63, 3.8) is 0 Å². The van der Waals surface area contributed by atoms with Gasteiger partial charge in [0.05, 0.1) is 22.3 Å². The van der Waals surface area contributed by atoms with Gasteiger partial charge in [-0.3, -0.25) is 4.79 Å². The second-order valence-corrected chi connectivity index (χ2v) is 6.33. The summed E-state index contributed by atoms with van der Waals surface area (Å²) in [5.41, 5.74) is 4.99. The molecule has 2 aromatic heterocycles. The van der Waals surface area contributed by atoms with Crippen molar-refractivity contribution < 1.29 is 9.32 Å². The fraction of sp³-hybridized carbons (Fsp3) is 0.136. The van der Waals surface area contributed by atoms with Crippen molar-refractivity contribution in [2.45, 2.75) is 20.3 Å². The van der Waals surface area contributed by atoms with Gasteiger partial charge >= 0.3 is 0 Å². The highest BCUT2D eigenvalue weighted by molar-refractivity contribution is 6.13. The minimum atomic E-state index is -0.202. The lowest BCUT2D eigenvalue weighted by Crippen LogP contribution is -2.14. The number of aryl methyl sites for hydroxylation is 2. The van der Waals surface area contributed by atoms with Gasteiger partial charge in [-0.2, -0.15) is 0 Å². The van der Waals surface area contributed by atoms with Gasteiger partial charge in [0.1, 0.15) is 0 Å². The summed E-state index contributed by atoms with van der Waals surface area (Å²) < 4.78 is 5.36. The van der Waals surface area contributed by atoms with E-state index in [0.717, 1.165) is 23.2 Å². The molecule has 0 unspecified atom stereocenters. The first-order valence-electron chi connectivity index (χ1n) is 8.89. The van der Waals surface area contributed by atoms with Crippen molar-refractivity contribution in [2.24, 2.45) is 0 Å². The number of benzene rings is 2. The number of anilines is 1. The van der Waals surface area contributed by atoms with Gasteiger partial charge in [-0.05, 0) is 31.0 Å². The summed E-state index contributed by atoms with van der Waals surface area (Å²) in [6, 6.07) is 19.3. The molecule has 0 radical (unpaired) electrons. The normalized spacial score (nSPS) is 10.9. The van der Waals surface area contributed by atoms with Gasteiger partial charge in [-0.25, -0.2) is 4.98 Å². The average Bonchev–Trinajstić information content (AvgIpc) is 3.09. The Morgan fingerprint density at radius 3 is 2.59 bits per heavy atom. The molecule has 0 spiro atoms. The third-order valence-corrected chi connectivity index (χ3v) is 4.58. The van der Waals surface area contributed by atoms with Crippen LogP contribution >= 0.6 is 0 Å². The molecule has 0 saturated carbocycles. The highest BCUT2D eigenvalue weighted by Gasteiger charge is 2.20. The van der Waals surface area contributed by atoms with E-state index < -0.39 is 0 Å². The van der Waals surface area contributed by atoms with Gasteiger partial charge in [0.25, 0.3) is 11.6 Å². The third kappa shape index (κ3) is 3.19. The van der Waals surface area contributed by atoms with E-state index in [-0.39, 0.29) is 5.91 Å². The molecule has 134 valence electrons. The molecule has 1 N–H and O–H groups in total. The van der Waals surface area contributed by atoms with Crippen LogP contribution in [-0.2, 0) is 6.42 Å². The number of fused-ring (bicyclic) bond motifs is 1. The number of carbonyl (C=O) groups is 1. The molecule has 0 fully saturated rings. The molecule has 0 bridgehead atoms. The fourth-order valence-electron chi connectivity index (χ4n) is 3.17. The lowest BCUT2D eigenvalue weighted by molar-refractivity contribution is 0.102. The van der Waals surface area contributed by atoms with Gasteiger partial charge in [0.2, 0.25) is 0 Å². The predicted octanol–water partition coefficient (Wildman–Crippen LogP) is 5.01. The van der Waals surface area contributed by atoms with E-state index in [2.05, 4.69) is 22.4 Å².